The minimum absolute atomic E-state index is 0.116. The Hall–Kier alpha value is -0.280. The molecule has 2 rings (SSSR count). The van der Waals surface area contributed by atoms with Crippen molar-refractivity contribution in [2.45, 2.75) is 44.8 Å². The number of hydrogen-bond acceptors (Lipinski definition) is 2. The van der Waals surface area contributed by atoms with Gasteiger partial charge in [0.15, 0.2) is 0 Å². The fraction of sp³-hybridized carbons (Fsp3) is 0.538. The van der Waals surface area contributed by atoms with E-state index >= 15 is 0 Å². The van der Waals surface area contributed by atoms with Crippen LogP contribution >= 0.6 is 23.2 Å². The van der Waals surface area contributed by atoms with E-state index in [2.05, 4.69) is 12.4 Å². The zero-order valence-corrected chi connectivity index (χ0v) is 11.4. The van der Waals surface area contributed by atoms with E-state index < -0.39 is 0 Å². The van der Waals surface area contributed by atoms with Crippen LogP contribution in [-0.2, 0) is 4.84 Å². The highest BCUT2D eigenvalue weighted by Gasteiger charge is 2.17. The second-order valence-electron chi connectivity index (χ2n) is 4.54. The summed E-state index contributed by atoms with van der Waals surface area (Å²) in [6, 6.07) is 5.77. The first-order chi connectivity index (χ1) is 8.16. The first-order valence-electron chi connectivity index (χ1n) is 6.03. The van der Waals surface area contributed by atoms with E-state index in [1.54, 1.807) is 0 Å². The average Bonchev–Trinajstić information content (AvgIpc) is 2.82. The summed E-state index contributed by atoms with van der Waals surface area (Å²) in [6.07, 6.45) is 5.21. The monoisotopic (exact) mass is 273 g/mol. The fourth-order valence-electron chi connectivity index (χ4n) is 2.05. The molecule has 4 heteroatoms. The molecule has 1 aromatic rings. The van der Waals surface area contributed by atoms with Gasteiger partial charge in [0.2, 0.25) is 0 Å². The highest BCUT2D eigenvalue weighted by molar-refractivity contribution is 6.42. The van der Waals surface area contributed by atoms with Crippen molar-refractivity contribution in [1.82, 2.24) is 5.48 Å². The second-order valence-corrected chi connectivity index (χ2v) is 5.35. The average molecular weight is 274 g/mol. The van der Waals surface area contributed by atoms with Crippen LogP contribution in [0.25, 0.3) is 0 Å². The lowest BCUT2D eigenvalue weighted by Crippen LogP contribution is -2.24. The Labute approximate surface area is 112 Å². The molecule has 1 aliphatic carbocycles. The summed E-state index contributed by atoms with van der Waals surface area (Å²) in [5, 5.41) is 1.16. The summed E-state index contributed by atoms with van der Waals surface area (Å²) in [6.45, 7) is 2.05. The van der Waals surface area contributed by atoms with Crippen LogP contribution in [0.4, 0.5) is 0 Å². The second kappa shape index (κ2) is 6.05. The molecule has 0 bridgehead atoms. The maximum absolute atomic E-state index is 5.98. The van der Waals surface area contributed by atoms with Gasteiger partial charge in [-0.2, -0.15) is 5.48 Å². The van der Waals surface area contributed by atoms with Crippen molar-refractivity contribution in [2.24, 2.45) is 0 Å². The number of benzene rings is 1. The maximum Gasteiger partial charge on any atom is 0.0790 e. The fourth-order valence-corrected chi connectivity index (χ4v) is 2.36. The normalized spacial score (nSPS) is 18.5. The largest absolute Gasteiger partial charge is 0.298 e. The number of halogens is 2. The highest BCUT2D eigenvalue weighted by Crippen LogP contribution is 2.26. The summed E-state index contributed by atoms with van der Waals surface area (Å²) in [4.78, 5) is 5.66. The van der Waals surface area contributed by atoms with Gasteiger partial charge in [0.05, 0.1) is 22.2 Å². The van der Waals surface area contributed by atoms with Crippen LogP contribution in [0.1, 0.15) is 44.2 Å². The standard InChI is InChI=1S/C13H17Cl2NO/c1-9(16-17-11-4-2-3-5-11)10-6-7-12(14)13(15)8-10/h6-9,11,16H,2-5H2,1H3. The molecule has 0 radical (unpaired) electrons. The van der Waals surface area contributed by atoms with Crippen molar-refractivity contribution in [1.29, 1.82) is 0 Å². The third-order valence-electron chi connectivity index (χ3n) is 3.16. The molecule has 17 heavy (non-hydrogen) atoms. The zero-order chi connectivity index (χ0) is 12.3. The minimum atomic E-state index is 0.116. The van der Waals surface area contributed by atoms with E-state index in [0.29, 0.717) is 16.1 Å². The molecule has 0 aliphatic heterocycles. The maximum atomic E-state index is 5.98. The molecule has 94 valence electrons. The summed E-state index contributed by atoms with van der Waals surface area (Å²) in [5.74, 6) is 0. The van der Waals surface area contributed by atoms with E-state index in [-0.39, 0.29) is 6.04 Å². The molecule has 0 aromatic heterocycles. The number of rotatable bonds is 4. The Bertz CT molecular complexity index is 378. The van der Waals surface area contributed by atoms with Crippen molar-refractivity contribution in [3.63, 3.8) is 0 Å². The van der Waals surface area contributed by atoms with Crippen LogP contribution in [-0.4, -0.2) is 6.10 Å². The Balaban J connectivity index is 1.89. The molecule has 1 aliphatic rings. The summed E-state index contributed by atoms with van der Waals surface area (Å²) >= 11 is 11.9. The molecule has 0 heterocycles. The number of hydroxylamine groups is 1. The van der Waals surface area contributed by atoms with Gasteiger partial charge in [-0.3, -0.25) is 4.84 Å². The van der Waals surface area contributed by atoms with E-state index in [1.807, 2.05) is 18.2 Å². The predicted molar refractivity (Wildman–Crippen MR) is 71.4 cm³/mol. The van der Waals surface area contributed by atoms with Gasteiger partial charge in [0, 0.05) is 0 Å². The number of hydrogen-bond donors (Lipinski definition) is 1. The Morgan fingerprint density at radius 1 is 1.24 bits per heavy atom. The molecular formula is C13H17Cl2NO. The van der Waals surface area contributed by atoms with Crippen LogP contribution in [0.15, 0.2) is 18.2 Å². The van der Waals surface area contributed by atoms with E-state index in [4.69, 9.17) is 28.0 Å². The van der Waals surface area contributed by atoms with Crippen molar-refractivity contribution in [2.75, 3.05) is 0 Å². The molecular weight excluding hydrogens is 257 g/mol. The quantitative estimate of drug-likeness (QED) is 0.815. The van der Waals surface area contributed by atoms with E-state index in [9.17, 15) is 0 Å². The molecule has 1 aromatic carbocycles. The zero-order valence-electron chi connectivity index (χ0n) is 9.88. The third kappa shape index (κ3) is 3.59. The summed E-state index contributed by atoms with van der Waals surface area (Å²) < 4.78 is 0. The van der Waals surface area contributed by atoms with Gasteiger partial charge >= 0.3 is 0 Å². The molecule has 1 N–H and O–H groups in total. The van der Waals surface area contributed by atoms with Crippen molar-refractivity contribution >= 4 is 23.2 Å². The Kier molecular flexibility index (Phi) is 4.69. The minimum Gasteiger partial charge on any atom is -0.298 e. The van der Waals surface area contributed by atoms with Crippen molar-refractivity contribution < 1.29 is 4.84 Å². The third-order valence-corrected chi connectivity index (χ3v) is 3.90. The molecule has 1 fully saturated rings. The van der Waals surface area contributed by atoms with Crippen LogP contribution in [0.2, 0.25) is 10.0 Å². The first-order valence-corrected chi connectivity index (χ1v) is 6.78. The lowest BCUT2D eigenvalue weighted by Gasteiger charge is -2.18. The van der Waals surface area contributed by atoms with Crippen LogP contribution in [0.3, 0.4) is 0 Å². The topological polar surface area (TPSA) is 21.3 Å². The molecule has 0 amide bonds. The van der Waals surface area contributed by atoms with E-state index in [0.717, 1.165) is 18.4 Å². The summed E-state index contributed by atoms with van der Waals surface area (Å²) in [5.41, 5.74) is 4.17. The van der Waals surface area contributed by atoms with Gasteiger partial charge in [0.1, 0.15) is 0 Å². The van der Waals surface area contributed by atoms with Crippen LogP contribution in [0, 0.1) is 0 Å². The van der Waals surface area contributed by atoms with Gasteiger partial charge in [-0.05, 0) is 37.5 Å². The Morgan fingerprint density at radius 2 is 1.94 bits per heavy atom. The van der Waals surface area contributed by atoms with Gasteiger partial charge in [0.25, 0.3) is 0 Å². The van der Waals surface area contributed by atoms with Crippen molar-refractivity contribution in [3.8, 4) is 0 Å². The lowest BCUT2D eigenvalue weighted by molar-refractivity contribution is -0.0376. The molecule has 0 saturated heterocycles. The van der Waals surface area contributed by atoms with Crippen molar-refractivity contribution in [3.05, 3.63) is 33.8 Å². The summed E-state index contributed by atoms with van der Waals surface area (Å²) in [7, 11) is 0. The van der Waals surface area contributed by atoms with Gasteiger partial charge < -0.3 is 0 Å². The van der Waals surface area contributed by atoms with Gasteiger partial charge in [-0.25, -0.2) is 0 Å². The number of nitrogens with one attached hydrogen (secondary N) is 1. The molecule has 2 nitrogen and oxygen atoms in total. The molecule has 1 unspecified atom stereocenters. The van der Waals surface area contributed by atoms with E-state index in [1.165, 1.54) is 12.8 Å². The predicted octanol–water partition coefficient (Wildman–Crippen LogP) is 4.52. The SMILES string of the molecule is CC(NOC1CCCC1)c1ccc(Cl)c(Cl)c1. The Morgan fingerprint density at radius 3 is 2.59 bits per heavy atom. The van der Waals surface area contributed by atoms with Crippen LogP contribution in [0.5, 0.6) is 0 Å². The smallest absolute Gasteiger partial charge is 0.0790 e. The lowest BCUT2D eigenvalue weighted by atomic mass is 10.1. The highest BCUT2D eigenvalue weighted by atomic mass is 35.5. The van der Waals surface area contributed by atoms with Gasteiger partial charge in [-0.15, -0.1) is 0 Å². The molecule has 1 atom stereocenters. The van der Waals surface area contributed by atoms with Gasteiger partial charge in [-0.1, -0.05) is 42.1 Å². The van der Waals surface area contributed by atoms with Crippen LogP contribution < -0.4 is 5.48 Å². The first kappa shape index (κ1) is 13.2. The molecule has 0 spiro atoms. The molecule has 1 saturated carbocycles.